The van der Waals surface area contributed by atoms with Gasteiger partial charge in [-0.1, -0.05) is 0 Å². The molecule has 11 nitrogen and oxygen atoms in total. The Bertz CT molecular complexity index is 1390. The van der Waals surface area contributed by atoms with Gasteiger partial charge in [0.15, 0.2) is 0 Å². The largest absolute Gasteiger partial charge is 0.390 e. The van der Waals surface area contributed by atoms with Crippen molar-refractivity contribution >= 4 is 40.7 Å². The van der Waals surface area contributed by atoms with E-state index in [1.165, 1.54) is 19.9 Å². The summed E-state index contributed by atoms with van der Waals surface area (Å²) in [5.41, 5.74) is 1.46. The number of anilines is 2. The van der Waals surface area contributed by atoms with Crippen molar-refractivity contribution in [2.24, 2.45) is 0 Å². The molecule has 1 atom stereocenters. The van der Waals surface area contributed by atoms with E-state index >= 15 is 0 Å². The van der Waals surface area contributed by atoms with Crippen LogP contribution in [0.3, 0.4) is 0 Å². The number of aromatic nitrogens is 1. The number of nitrogens with one attached hydrogen (secondary N) is 3. The number of benzene rings is 1. The van der Waals surface area contributed by atoms with E-state index in [1.807, 2.05) is 0 Å². The lowest BCUT2D eigenvalue weighted by Gasteiger charge is -2.32. The number of aliphatic hydroxyl groups excluding tert-OH is 1. The molecule has 0 bridgehead atoms. The molecule has 5 N–H and O–H groups in total. The van der Waals surface area contributed by atoms with Gasteiger partial charge in [0, 0.05) is 56.1 Å². The summed E-state index contributed by atoms with van der Waals surface area (Å²) in [6.45, 7) is 8.27. The molecule has 0 saturated carbocycles. The third-order valence-corrected chi connectivity index (χ3v) is 7.49. The maximum atomic E-state index is 14.9. The third kappa shape index (κ3) is 5.52. The van der Waals surface area contributed by atoms with E-state index in [-0.39, 0.29) is 23.7 Å². The molecule has 1 aromatic heterocycles. The van der Waals surface area contributed by atoms with Crippen LogP contribution >= 0.6 is 0 Å². The van der Waals surface area contributed by atoms with Gasteiger partial charge in [0.1, 0.15) is 11.4 Å². The molecule has 4 heterocycles. The van der Waals surface area contributed by atoms with Crippen molar-refractivity contribution in [2.75, 3.05) is 56.6 Å². The first-order valence-corrected chi connectivity index (χ1v) is 13.3. The zero-order chi connectivity index (χ0) is 28.8. The predicted octanol–water partition coefficient (Wildman–Crippen LogP) is 1.36. The van der Waals surface area contributed by atoms with Crippen molar-refractivity contribution in [3.63, 3.8) is 0 Å². The van der Waals surface area contributed by atoms with Crippen LogP contribution in [0, 0.1) is 12.7 Å². The Morgan fingerprint density at radius 2 is 1.95 bits per heavy atom. The number of hydrogen-bond donors (Lipinski definition) is 5. The molecule has 40 heavy (non-hydrogen) atoms. The summed E-state index contributed by atoms with van der Waals surface area (Å²) in [5, 5.41) is 25.5. The Labute approximate surface area is 231 Å². The SMILES string of the molecule is Cc1c(/C=C2\C(=O)Nc3cc(NC(=O)C(C)(C)O)c(F)cc32)[nH]c2c1C(=O)N(C[C@@H](O)CN1CCOCC1)CC2. The molecule has 3 aliphatic heterocycles. The predicted molar refractivity (Wildman–Crippen MR) is 146 cm³/mol. The standard InChI is InChI=1S/C28H34FN5O6/c1-15-21(11-18-17-10-19(29)23(12-22(17)31-25(18)36)32-27(38)28(2,3)39)30-20-4-5-34(26(37)24(15)20)14-16(35)13-33-6-8-40-9-7-33/h10-12,16,30,35,39H,4-9,13-14H2,1-3H3,(H,31,36)(H,32,38)/b18-11-/t16-/m0/s1. The number of H-pyrrole nitrogens is 1. The van der Waals surface area contributed by atoms with E-state index in [0.717, 1.165) is 24.8 Å². The number of carbonyl (C=O) groups is 3. The van der Waals surface area contributed by atoms with Crippen molar-refractivity contribution in [1.82, 2.24) is 14.8 Å². The number of amides is 3. The number of hydrogen-bond acceptors (Lipinski definition) is 7. The molecule has 3 amide bonds. The molecule has 1 fully saturated rings. The first-order chi connectivity index (χ1) is 18.9. The van der Waals surface area contributed by atoms with Crippen LogP contribution in [0.25, 0.3) is 11.6 Å². The number of nitrogens with zero attached hydrogens (tertiary/aromatic N) is 2. The van der Waals surface area contributed by atoms with Crippen molar-refractivity contribution < 1.29 is 33.7 Å². The summed E-state index contributed by atoms with van der Waals surface area (Å²) in [4.78, 5) is 45.4. The molecular weight excluding hydrogens is 521 g/mol. The Morgan fingerprint density at radius 3 is 2.65 bits per heavy atom. The summed E-state index contributed by atoms with van der Waals surface area (Å²) < 4.78 is 20.2. The quantitative estimate of drug-likeness (QED) is 0.324. The number of halogens is 1. The Hall–Kier alpha value is -3.58. The van der Waals surface area contributed by atoms with E-state index < -0.39 is 29.3 Å². The minimum Gasteiger partial charge on any atom is -0.390 e. The van der Waals surface area contributed by atoms with Crippen LogP contribution in [0.4, 0.5) is 15.8 Å². The number of ether oxygens (including phenoxy) is 1. The first kappa shape index (κ1) is 28.0. The van der Waals surface area contributed by atoms with E-state index in [1.54, 1.807) is 17.9 Å². The number of aliphatic hydroxyl groups is 2. The second kappa shape index (κ2) is 10.8. The van der Waals surface area contributed by atoms with Crippen LogP contribution in [-0.2, 0) is 20.7 Å². The van der Waals surface area contributed by atoms with Crippen LogP contribution in [0.2, 0.25) is 0 Å². The minimum absolute atomic E-state index is 0.166. The fourth-order valence-corrected chi connectivity index (χ4v) is 5.25. The minimum atomic E-state index is -1.71. The van der Waals surface area contributed by atoms with Gasteiger partial charge in [-0.25, -0.2) is 4.39 Å². The zero-order valence-electron chi connectivity index (χ0n) is 22.8. The van der Waals surface area contributed by atoms with Gasteiger partial charge in [-0.15, -0.1) is 0 Å². The molecule has 0 radical (unpaired) electrons. The lowest BCUT2D eigenvalue weighted by molar-refractivity contribution is -0.130. The summed E-state index contributed by atoms with van der Waals surface area (Å²) in [7, 11) is 0. The van der Waals surface area contributed by atoms with Crippen LogP contribution in [0.15, 0.2) is 12.1 Å². The number of β-amino-alcohol motifs (C(OH)–C–C–N with tert-alkyl or cyclic N) is 1. The van der Waals surface area contributed by atoms with Crippen LogP contribution < -0.4 is 10.6 Å². The average Bonchev–Trinajstić information content (AvgIpc) is 3.37. The van der Waals surface area contributed by atoms with E-state index in [0.29, 0.717) is 60.8 Å². The summed E-state index contributed by atoms with van der Waals surface area (Å²) in [6.07, 6.45) is 1.47. The fraction of sp³-hybridized carbons (Fsp3) is 0.464. The molecule has 1 saturated heterocycles. The molecule has 0 aliphatic carbocycles. The van der Waals surface area contributed by atoms with Gasteiger partial charge in [-0.2, -0.15) is 0 Å². The first-order valence-electron chi connectivity index (χ1n) is 13.3. The molecule has 5 rings (SSSR count). The van der Waals surface area contributed by atoms with E-state index in [9.17, 15) is 29.0 Å². The van der Waals surface area contributed by atoms with Gasteiger partial charge in [0.25, 0.3) is 17.7 Å². The van der Waals surface area contributed by atoms with Crippen molar-refractivity contribution in [2.45, 2.75) is 38.9 Å². The smallest absolute Gasteiger partial charge is 0.256 e. The topological polar surface area (TPSA) is 147 Å². The maximum absolute atomic E-state index is 14.9. The number of carbonyl (C=O) groups excluding carboxylic acids is 3. The van der Waals surface area contributed by atoms with Gasteiger partial charge in [0.2, 0.25) is 0 Å². The third-order valence-electron chi connectivity index (χ3n) is 7.49. The highest BCUT2D eigenvalue weighted by atomic mass is 19.1. The lowest BCUT2D eigenvalue weighted by atomic mass is 10.0. The van der Waals surface area contributed by atoms with Gasteiger partial charge in [-0.05, 0) is 44.5 Å². The highest BCUT2D eigenvalue weighted by Crippen LogP contribution is 2.38. The van der Waals surface area contributed by atoms with Gasteiger partial charge in [-0.3, -0.25) is 19.3 Å². The zero-order valence-corrected chi connectivity index (χ0v) is 22.8. The molecule has 0 spiro atoms. The van der Waals surface area contributed by atoms with E-state index in [4.69, 9.17) is 4.74 Å². The monoisotopic (exact) mass is 555 g/mol. The number of fused-ring (bicyclic) bond motifs is 2. The molecule has 214 valence electrons. The van der Waals surface area contributed by atoms with Crippen molar-refractivity contribution in [3.05, 3.63) is 46.0 Å². The lowest BCUT2D eigenvalue weighted by Crippen LogP contribution is -2.47. The molecule has 3 aliphatic rings. The molecule has 2 aromatic rings. The number of rotatable bonds is 7. The fourth-order valence-electron chi connectivity index (χ4n) is 5.25. The highest BCUT2D eigenvalue weighted by Gasteiger charge is 2.33. The number of morpholine rings is 1. The Kier molecular flexibility index (Phi) is 7.53. The highest BCUT2D eigenvalue weighted by molar-refractivity contribution is 6.35. The van der Waals surface area contributed by atoms with Gasteiger partial charge in [0.05, 0.1) is 41.8 Å². The average molecular weight is 556 g/mol. The van der Waals surface area contributed by atoms with E-state index in [2.05, 4.69) is 20.5 Å². The summed E-state index contributed by atoms with van der Waals surface area (Å²) in [5.74, 6) is -2.18. The number of aromatic amines is 1. The van der Waals surface area contributed by atoms with Crippen LogP contribution in [0.1, 0.15) is 46.7 Å². The van der Waals surface area contributed by atoms with Gasteiger partial charge < -0.3 is 35.5 Å². The Balaban J connectivity index is 1.35. The van der Waals surface area contributed by atoms with Crippen LogP contribution in [0.5, 0.6) is 0 Å². The molecular formula is C28H34FN5O6. The van der Waals surface area contributed by atoms with Crippen molar-refractivity contribution in [3.8, 4) is 0 Å². The Morgan fingerprint density at radius 1 is 1.23 bits per heavy atom. The maximum Gasteiger partial charge on any atom is 0.256 e. The second-order valence-corrected chi connectivity index (χ2v) is 11.0. The summed E-state index contributed by atoms with van der Waals surface area (Å²) in [6, 6.07) is 2.46. The summed E-state index contributed by atoms with van der Waals surface area (Å²) >= 11 is 0. The second-order valence-electron chi connectivity index (χ2n) is 11.0. The molecule has 0 unspecified atom stereocenters. The van der Waals surface area contributed by atoms with Gasteiger partial charge >= 0.3 is 0 Å². The van der Waals surface area contributed by atoms with Crippen LogP contribution in [-0.4, -0.2) is 100 Å². The van der Waals surface area contributed by atoms with Crippen molar-refractivity contribution in [1.29, 1.82) is 0 Å². The normalized spacial score (nSPS) is 19.4. The molecule has 12 heteroatoms. The molecule has 1 aromatic carbocycles.